The van der Waals surface area contributed by atoms with Gasteiger partial charge < -0.3 is 24.0 Å². The van der Waals surface area contributed by atoms with Gasteiger partial charge in [0.05, 0.1) is 23.9 Å². The van der Waals surface area contributed by atoms with Crippen molar-refractivity contribution >= 4 is 23.4 Å². The molecule has 6 rings (SSSR count). The van der Waals surface area contributed by atoms with Gasteiger partial charge in [0, 0.05) is 38.3 Å². The zero-order valence-corrected chi connectivity index (χ0v) is 21.0. The van der Waals surface area contributed by atoms with E-state index in [-0.39, 0.29) is 31.1 Å². The molecule has 9 nitrogen and oxygen atoms in total. The minimum Gasteiger partial charge on any atom is -0.497 e. The lowest BCUT2D eigenvalue weighted by Crippen LogP contribution is -2.49. The van der Waals surface area contributed by atoms with Crippen molar-refractivity contribution in [3.63, 3.8) is 0 Å². The van der Waals surface area contributed by atoms with Gasteiger partial charge in [0.25, 0.3) is 17.7 Å². The first-order valence-electron chi connectivity index (χ1n) is 12.6. The molecule has 0 atom stereocenters. The van der Waals surface area contributed by atoms with E-state index >= 15 is 0 Å². The fraction of sp³-hybridized carbons (Fsp3) is 0.276. The van der Waals surface area contributed by atoms with Gasteiger partial charge in [0.15, 0.2) is 11.5 Å². The summed E-state index contributed by atoms with van der Waals surface area (Å²) in [7, 11) is 1.61. The highest BCUT2D eigenvalue weighted by molar-refractivity contribution is 6.23. The van der Waals surface area contributed by atoms with Crippen LogP contribution >= 0.6 is 0 Å². The predicted molar refractivity (Wildman–Crippen MR) is 139 cm³/mol. The number of rotatable bonds is 6. The highest BCUT2D eigenvalue weighted by atomic mass is 16.7. The van der Waals surface area contributed by atoms with Crippen molar-refractivity contribution in [3.8, 4) is 17.2 Å². The molecule has 1 fully saturated rings. The number of carbonyl (C=O) groups is 3. The Hall–Kier alpha value is -4.53. The molecule has 0 aromatic heterocycles. The summed E-state index contributed by atoms with van der Waals surface area (Å²) in [5.74, 6) is 1.34. The number of hydrogen-bond acceptors (Lipinski definition) is 7. The number of hydrogen-bond donors (Lipinski definition) is 0. The molecule has 3 amide bonds. The maximum Gasteiger partial charge on any atom is 0.263 e. The Bertz CT molecular complexity index is 1430. The number of carbonyl (C=O) groups excluding carboxylic acids is 3. The predicted octanol–water partition coefficient (Wildman–Crippen LogP) is 3.23. The Kier molecular flexibility index (Phi) is 6.11. The maximum atomic E-state index is 13.4. The van der Waals surface area contributed by atoms with Crippen LogP contribution < -0.4 is 19.1 Å². The van der Waals surface area contributed by atoms with Crippen LogP contribution in [-0.2, 0) is 6.42 Å². The van der Waals surface area contributed by atoms with Crippen molar-refractivity contribution in [2.75, 3.05) is 51.5 Å². The molecule has 3 aromatic rings. The number of anilines is 1. The van der Waals surface area contributed by atoms with E-state index in [4.69, 9.17) is 14.2 Å². The lowest BCUT2D eigenvalue weighted by Gasteiger charge is -2.36. The number of nitrogens with zero attached hydrogens (tertiary/aromatic N) is 3. The molecule has 0 saturated carbocycles. The van der Waals surface area contributed by atoms with Gasteiger partial charge >= 0.3 is 0 Å². The molecule has 0 N–H and O–H groups in total. The number of methoxy groups -OCH3 is 1. The van der Waals surface area contributed by atoms with Crippen LogP contribution in [0, 0.1) is 0 Å². The van der Waals surface area contributed by atoms with E-state index in [1.807, 2.05) is 36.4 Å². The summed E-state index contributed by atoms with van der Waals surface area (Å²) in [6.07, 6.45) is 0.540. The van der Waals surface area contributed by atoms with Gasteiger partial charge in [0.2, 0.25) is 6.79 Å². The van der Waals surface area contributed by atoms with E-state index in [0.29, 0.717) is 60.8 Å². The van der Waals surface area contributed by atoms with Gasteiger partial charge in [-0.25, -0.2) is 0 Å². The van der Waals surface area contributed by atoms with Crippen LogP contribution in [0.25, 0.3) is 0 Å². The van der Waals surface area contributed by atoms with Crippen LogP contribution in [0.2, 0.25) is 0 Å². The van der Waals surface area contributed by atoms with E-state index in [1.54, 1.807) is 36.3 Å². The molecule has 0 unspecified atom stereocenters. The topological polar surface area (TPSA) is 88.6 Å². The van der Waals surface area contributed by atoms with E-state index in [9.17, 15) is 14.4 Å². The molecule has 0 radical (unpaired) electrons. The molecule has 3 aromatic carbocycles. The van der Waals surface area contributed by atoms with Gasteiger partial charge in [-0.05, 0) is 54.4 Å². The zero-order valence-electron chi connectivity index (χ0n) is 21.0. The van der Waals surface area contributed by atoms with Crippen LogP contribution in [-0.4, -0.2) is 74.1 Å². The number of ether oxygens (including phenoxy) is 3. The minimum atomic E-state index is -0.276. The van der Waals surface area contributed by atoms with Gasteiger partial charge in [-0.3, -0.25) is 19.3 Å². The summed E-state index contributed by atoms with van der Waals surface area (Å²) in [6, 6.07) is 18.2. The summed E-state index contributed by atoms with van der Waals surface area (Å²) in [5, 5.41) is 0. The molecule has 1 saturated heterocycles. The Balaban J connectivity index is 1.14. The van der Waals surface area contributed by atoms with Crippen LogP contribution in [0.1, 0.15) is 36.6 Å². The van der Waals surface area contributed by atoms with Crippen LogP contribution in [0.4, 0.5) is 5.69 Å². The number of benzene rings is 3. The molecule has 0 spiro atoms. The number of fused-ring (bicyclic) bond motifs is 2. The Morgan fingerprint density at radius 2 is 1.68 bits per heavy atom. The molecule has 194 valence electrons. The quantitative estimate of drug-likeness (QED) is 0.468. The number of imide groups is 1. The Morgan fingerprint density at radius 3 is 2.50 bits per heavy atom. The standard InChI is InChI=1S/C29H27N3O6/c1-36-21-5-2-4-19(16-21)10-11-32-28(34)22-6-3-7-23(26(22)29(32)35)30-12-14-31(15-13-30)27(33)20-8-9-24-25(17-20)38-18-37-24/h2-9,16-17H,10-15,18H2,1H3. The average Bonchev–Trinajstić information content (AvgIpc) is 3.53. The third kappa shape index (κ3) is 4.19. The first-order valence-corrected chi connectivity index (χ1v) is 12.6. The molecule has 38 heavy (non-hydrogen) atoms. The summed E-state index contributed by atoms with van der Waals surface area (Å²) in [5.41, 5.74) is 3.15. The molecular formula is C29H27N3O6. The normalized spacial score (nSPS) is 16.2. The van der Waals surface area contributed by atoms with Gasteiger partial charge in [-0.2, -0.15) is 0 Å². The van der Waals surface area contributed by atoms with E-state index in [2.05, 4.69) is 4.90 Å². The first-order chi connectivity index (χ1) is 18.5. The van der Waals surface area contributed by atoms with Crippen molar-refractivity contribution in [3.05, 3.63) is 82.9 Å². The largest absolute Gasteiger partial charge is 0.497 e. The molecule has 0 aliphatic carbocycles. The van der Waals surface area contributed by atoms with Crippen LogP contribution in [0.3, 0.4) is 0 Å². The van der Waals surface area contributed by atoms with E-state index in [1.165, 1.54) is 4.90 Å². The summed E-state index contributed by atoms with van der Waals surface area (Å²) in [6.45, 7) is 2.55. The SMILES string of the molecule is COc1cccc(CCN2C(=O)c3cccc(N4CCN(C(=O)c5ccc6c(c5)OCO6)CC4)c3C2=O)c1. The fourth-order valence-corrected chi connectivity index (χ4v) is 5.21. The van der Waals surface area contributed by atoms with Crippen molar-refractivity contribution in [1.82, 2.24) is 9.80 Å². The van der Waals surface area contributed by atoms with Crippen LogP contribution in [0.15, 0.2) is 60.7 Å². The van der Waals surface area contributed by atoms with E-state index in [0.717, 1.165) is 17.0 Å². The molecule has 3 aliphatic heterocycles. The highest BCUT2D eigenvalue weighted by Crippen LogP contribution is 2.34. The summed E-state index contributed by atoms with van der Waals surface area (Å²) >= 11 is 0. The lowest BCUT2D eigenvalue weighted by molar-refractivity contribution is 0.0654. The Morgan fingerprint density at radius 1 is 0.895 bits per heavy atom. The summed E-state index contributed by atoms with van der Waals surface area (Å²) < 4.78 is 16.0. The third-order valence-corrected chi connectivity index (χ3v) is 7.26. The third-order valence-electron chi connectivity index (χ3n) is 7.26. The van der Waals surface area contributed by atoms with Crippen molar-refractivity contribution in [2.24, 2.45) is 0 Å². The molecule has 3 aliphatic rings. The summed E-state index contributed by atoms with van der Waals surface area (Å²) in [4.78, 5) is 44.9. The first kappa shape index (κ1) is 23.8. The molecule has 9 heteroatoms. The second-order valence-corrected chi connectivity index (χ2v) is 9.41. The van der Waals surface area contributed by atoms with Crippen molar-refractivity contribution in [2.45, 2.75) is 6.42 Å². The van der Waals surface area contributed by atoms with Gasteiger partial charge in [-0.15, -0.1) is 0 Å². The Labute approximate surface area is 220 Å². The molecular weight excluding hydrogens is 486 g/mol. The van der Waals surface area contributed by atoms with Crippen molar-refractivity contribution in [1.29, 1.82) is 0 Å². The second kappa shape index (κ2) is 9.74. The molecule has 3 heterocycles. The second-order valence-electron chi connectivity index (χ2n) is 9.41. The average molecular weight is 514 g/mol. The van der Waals surface area contributed by atoms with Crippen LogP contribution in [0.5, 0.6) is 17.2 Å². The van der Waals surface area contributed by atoms with E-state index < -0.39 is 0 Å². The van der Waals surface area contributed by atoms with Crippen molar-refractivity contribution < 1.29 is 28.6 Å². The fourth-order valence-electron chi connectivity index (χ4n) is 5.21. The highest BCUT2D eigenvalue weighted by Gasteiger charge is 2.38. The smallest absolute Gasteiger partial charge is 0.263 e. The molecule has 0 bridgehead atoms. The van der Waals surface area contributed by atoms with Gasteiger partial charge in [-0.1, -0.05) is 18.2 Å². The zero-order chi connectivity index (χ0) is 26.2. The number of amides is 3. The minimum absolute atomic E-state index is 0.0730. The number of piperazine rings is 1. The lowest BCUT2D eigenvalue weighted by atomic mass is 10.1. The monoisotopic (exact) mass is 513 g/mol. The maximum absolute atomic E-state index is 13.4. The van der Waals surface area contributed by atoms with Gasteiger partial charge in [0.1, 0.15) is 5.75 Å².